The van der Waals surface area contributed by atoms with E-state index in [1.165, 1.54) is 4.80 Å². The van der Waals surface area contributed by atoms with Gasteiger partial charge in [-0.05, 0) is 37.2 Å². The second-order valence-electron chi connectivity index (χ2n) is 4.62. The van der Waals surface area contributed by atoms with Gasteiger partial charge < -0.3 is 15.6 Å². The molecule has 2 aromatic carbocycles. The summed E-state index contributed by atoms with van der Waals surface area (Å²) in [7, 11) is 0. The Bertz CT molecular complexity index is 721. The Morgan fingerprint density at radius 1 is 1.10 bits per heavy atom. The van der Waals surface area contributed by atoms with Crippen LogP contribution in [-0.2, 0) is 0 Å². The SMILES string of the molecule is NCCCOc1ccc(-n2nc3ccccc3n2)c(O)c1. The molecule has 0 saturated heterocycles. The van der Waals surface area contributed by atoms with E-state index < -0.39 is 0 Å². The largest absolute Gasteiger partial charge is 0.505 e. The lowest BCUT2D eigenvalue weighted by Crippen LogP contribution is -2.06. The molecule has 6 nitrogen and oxygen atoms in total. The summed E-state index contributed by atoms with van der Waals surface area (Å²) in [5.41, 5.74) is 7.48. The molecule has 0 radical (unpaired) electrons. The van der Waals surface area contributed by atoms with E-state index in [2.05, 4.69) is 10.2 Å². The first-order chi connectivity index (χ1) is 10.3. The number of phenols is 1. The van der Waals surface area contributed by atoms with Crippen molar-refractivity contribution in [3.8, 4) is 17.2 Å². The van der Waals surface area contributed by atoms with Gasteiger partial charge >= 0.3 is 0 Å². The van der Waals surface area contributed by atoms with Crippen LogP contribution in [0.2, 0.25) is 0 Å². The minimum atomic E-state index is 0.0700. The van der Waals surface area contributed by atoms with Crippen molar-refractivity contribution >= 4 is 11.0 Å². The highest BCUT2D eigenvalue weighted by atomic mass is 16.5. The molecule has 1 heterocycles. The van der Waals surface area contributed by atoms with Crippen LogP contribution in [0.15, 0.2) is 42.5 Å². The number of phenolic OH excluding ortho intramolecular Hbond substituents is 1. The molecular weight excluding hydrogens is 268 g/mol. The topological polar surface area (TPSA) is 86.2 Å². The second kappa shape index (κ2) is 5.80. The fraction of sp³-hybridized carbons (Fsp3) is 0.200. The van der Waals surface area contributed by atoms with Gasteiger partial charge in [-0.15, -0.1) is 15.0 Å². The molecular formula is C15H16N4O2. The summed E-state index contributed by atoms with van der Waals surface area (Å²) in [6, 6.07) is 12.6. The van der Waals surface area contributed by atoms with E-state index in [0.29, 0.717) is 24.6 Å². The summed E-state index contributed by atoms with van der Waals surface area (Å²) >= 11 is 0. The van der Waals surface area contributed by atoms with Gasteiger partial charge in [0.25, 0.3) is 0 Å². The molecule has 0 atom stereocenters. The maximum absolute atomic E-state index is 10.1. The molecule has 0 unspecified atom stereocenters. The Balaban J connectivity index is 1.88. The van der Waals surface area contributed by atoms with E-state index >= 15 is 0 Å². The number of ether oxygens (including phenoxy) is 1. The number of aromatic hydroxyl groups is 1. The molecule has 3 rings (SSSR count). The number of fused-ring (bicyclic) bond motifs is 1. The van der Waals surface area contributed by atoms with Crippen LogP contribution < -0.4 is 10.5 Å². The first kappa shape index (κ1) is 13.4. The number of benzene rings is 2. The van der Waals surface area contributed by atoms with E-state index in [9.17, 15) is 5.11 Å². The highest BCUT2D eigenvalue weighted by molar-refractivity contribution is 5.73. The number of hydrogen-bond acceptors (Lipinski definition) is 5. The maximum Gasteiger partial charge on any atom is 0.146 e. The normalized spacial score (nSPS) is 10.9. The number of nitrogens with zero attached hydrogens (tertiary/aromatic N) is 3. The van der Waals surface area contributed by atoms with E-state index in [1.54, 1.807) is 18.2 Å². The highest BCUT2D eigenvalue weighted by Gasteiger charge is 2.09. The number of nitrogens with two attached hydrogens (primary N) is 1. The van der Waals surface area contributed by atoms with Crippen LogP contribution in [0.5, 0.6) is 11.5 Å². The molecule has 0 bridgehead atoms. The minimum absolute atomic E-state index is 0.0700. The zero-order valence-electron chi connectivity index (χ0n) is 11.4. The zero-order chi connectivity index (χ0) is 14.7. The van der Waals surface area contributed by atoms with Gasteiger partial charge in [-0.1, -0.05) is 12.1 Å². The van der Waals surface area contributed by atoms with Crippen molar-refractivity contribution in [2.45, 2.75) is 6.42 Å². The predicted octanol–water partition coefficient (Wildman–Crippen LogP) is 1.85. The van der Waals surface area contributed by atoms with Crippen molar-refractivity contribution < 1.29 is 9.84 Å². The molecule has 3 aromatic rings. The predicted molar refractivity (Wildman–Crippen MR) is 79.7 cm³/mol. The van der Waals surface area contributed by atoms with Gasteiger partial charge in [0.15, 0.2) is 0 Å². The van der Waals surface area contributed by atoms with Crippen molar-refractivity contribution in [3.63, 3.8) is 0 Å². The molecule has 1 aromatic heterocycles. The highest BCUT2D eigenvalue weighted by Crippen LogP contribution is 2.26. The number of hydrogen-bond donors (Lipinski definition) is 2. The van der Waals surface area contributed by atoms with Gasteiger partial charge in [0.2, 0.25) is 0 Å². The lowest BCUT2D eigenvalue weighted by molar-refractivity contribution is 0.311. The first-order valence-electron chi connectivity index (χ1n) is 6.76. The summed E-state index contributed by atoms with van der Waals surface area (Å²) in [5, 5.41) is 18.8. The van der Waals surface area contributed by atoms with Crippen LogP contribution in [0.4, 0.5) is 0 Å². The van der Waals surface area contributed by atoms with Gasteiger partial charge in [0.1, 0.15) is 28.2 Å². The molecule has 6 heteroatoms. The van der Waals surface area contributed by atoms with Crippen LogP contribution in [0.25, 0.3) is 16.7 Å². The molecule has 3 N–H and O–H groups in total. The van der Waals surface area contributed by atoms with Crippen LogP contribution in [0.3, 0.4) is 0 Å². The average Bonchev–Trinajstić information content (AvgIpc) is 2.91. The van der Waals surface area contributed by atoms with Gasteiger partial charge in [-0.2, -0.15) is 0 Å². The van der Waals surface area contributed by atoms with Gasteiger partial charge in [-0.25, -0.2) is 0 Å². The first-order valence-corrected chi connectivity index (χ1v) is 6.76. The van der Waals surface area contributed by atoms with Crippen molar-refractivity contribution in [1.29, 1.82) is 0 Å². The molecule has 0 aliphatic carbocycles. The summed E-state index contributed by atoms with van der Waals surface area (Å²) in [6.07, 6.45) is 0.772. The van der Waals surface area contributed by atoms with Gasteiger partial charge in [0.05, 0.1) is 6.61 Å². The lowest BCUT2D eigenvalue weighted by atomic mass is 10.3. The Morgan fingerprint density at radius 2 is 1.81 bits per heavy atom. The monoisotopic (exact) mass is 284 g/mol. The fourth-order valence-corrected chi connectivity index (χ4v) is 2.00. The average molecular weight is 284 g/mol. The Hall–Kier alpha value is -2.60. The van der Waals surface area contributed by atoms with Crippen molar-refractivity contribution in [2.75, 3.05) is 13.2 Å². The number of aromatic nitrogens is 3. The molecule has 0 saturated carbocycles. The summed E-state index contributed by atoms with van der Waals surface area (Å²) in [4.78, 5) is 1.42. The van der Waals surface area contributed by atoms with Crippen LogP contribution in [-0.4, -0.2) is 33.3 Å². The minimum Gasteiger partial charge on any atom is -0.505 e. The molecule has 108 valence electrons. The summed E-state index contributed by atoms with van der Waals surface area (Å²) in [6.45, 7) is 1.10. The third kappa shape index (κ3) is 2.80. The quantitative estimate of drug-likeness (QED) is 0.698. The molecule has 21 heavy (non-hydrogen) atoms. The van der Waals surface area contributed by atoms with Crippen LogP contribution in [0.1, 0.15) is 6.42 Å². The van der Waals surface area contributed by atoms with Crippen molar-refractivity contribution in [3.05, 3.63) is 42.5 Å². The maximum atomic E-state index is 10.1. The van der Waals surface area contributed by atoms with Crippen molar-refractivity contribution in [1.82, 2.24) is 15.0 Å². The summed E-state index contributed by atoms with van der Waals surface area (Å²) in [5.74, 6) is 0.668. The Kier molecular flexibility index (Phi) is 3.70. The van der Waals surface area contributed by atoms with E-state index in [0.717, 1.165) is 17.5 Å². The van der Waals surface area contributed by atoms with Crippen molar-refractivity contribution in [2.24, 2.45) is 5.73 Å². The smallest absolute Gasteiger partial charge is 0.146 e. The molecule has 0 aliphatic rings. The molecule has 0 fully saturated rings. The fourth-order valence-electron chi connectivity index (χ4n) is 2.00. The van der Waals surface area contributed by atoms with Gasteiger partial charge in [-0.3, -0.25) is 0 Å². The third-order valence-electron chi connectivity index (χ3n) is 3.07. The van der Waals surface area contributed by atoms with E-state index in [4.69, 9.17) is 10.5 Å². The summed E-state index contributed by atoms with van der Waals surface area (Å²) < 4.78 is 5.49. The third-order valence-corrected chi connectivity index (χ3v) is 3.07. The Morgan fingerprint density at radius 3 is 2.43 bits per heavy atom. The second-order valence-corrected chi connectivity index (χ2v) is 4.62. The molecule has 0 aliphatic heterocycles. The lowest BCUT2D eigenvalue weighted by Gasteiger charge is -2.08. The van der Waals surface area contributed by atoms with Gasteiger partial charge in [0, 0.05) is 6.07 Å². The molecule has 0 spiro atoms. The van der Waals surface area contributed by atoms with E-state index in [1.807, 2.05) is 24.3 Å². The zero-order valence-corrected chi connectivity index (χ0v) is 11.4. The van der Waals surface area contributed by atoms with Crippen LogP contribution >= 0.6 is 0 Å². The Labute approximate surface area is 121 Å². The standard InChI is InChI=1S/C15H16N4O2/c16-8-3-9-21-11-6-7-14(15(20)10-11)19-17-12-4-1-2-5-13(12)18-19/h1-2,4-7,10,20H,3,8-9,16H2. The number of rotatable bonds is 5. The van der Waals surface area contributed by atoms with Crippen LogP contribution in [0, 0.1) is 0 Å². The molecule has 0 amide bonds. The van der Waals surface area contributed by atoms with E-state index in [-0.39, 0.29) is 5.75 Å².